The van der Waals surface area contributed by atoms with Gasteiger partial charge < -0.3 is 0 Å². The smallest absolute Gasteiger partial charge is 0.0977 e. The van der Waals surface area contributed by atoms with Crippen LogP contribution >= 0.6 is 11.6 Å². The summed E-state index contributed by atoms with van der Waals surface area (Å²) in [7, 11) is 0. The van der Waals surface area contributed by atoms with Gasteiger partial charge in [0.25, 0.3) is 0 Å². The van der Waals surface area contributed by atoms with E-state index in [1.807, 2.05) is 84.9 Å². The third kappa shape index (κ3) is 3.35. The van der Waals surface area contributed by atoms with Crippen LogP contribution in [0.15, 0.2) is 90.0 Å². The first-order chi connectivity index (χ1) is 10.8. The van der Waals surface area contributed by atoms with Crippen LogP contribution in [0.25, 0.3) is 0 Å². The van der Waals surface area contributed by atoms with Gasteiger partial charge in [0, 0.05) is 11.1 Å². The molecule has 0 atom stereocenters. The minimum Gasteiger partial charge on any atom is -0.276 e. The van der Waals surface area contributed by atoms with Gasteiger partial charge in [-0.25, -0.2) is 0 Å². The highest BCUT2D eigenvalue weighted by molar-refractivity contribution is 6.33. The average molecular weight is 307 g/mol. The summed E-state index contributed by atoms with van der Waals surface area (Å²) < 4.78 is 0. The Bertz CT molecular complexity index is 726. The van der Waals surface area contributed by atoms with Crippen molar-refractivity contribution in [3.63, 3.8) is 0 Å². The predicted octanol–water partition coefficient (Wildman–Crippen LogP) is 5.20. The zero-order valence-corrected chi connectivity index (χ0v) is 12.7. The number of nitrogens with zero attached hydrogens (tertiary/aromatic N) is 1. The molecule has 0 radical (unpaired) electrons. The number of halogens is 1. The summed E-state index contributed by atoms with van der Waals surface area (Å²) in [5.74, 6) is 0. The fourth-order valence-electron chi connectivity index (χ4n) is 2.16. The van der Waals surface area contributed by atoms with Crippen molar-refractivity contribution in [2.75, 3.05) is 5.43 Å². The maximum Gasteiger partial charge on any atom is 0.0977 e. The van der Waals surface area contributed by atoms with Gasteiger partial charge in [0.1, 0.15) is 0 Å². The van der Waals surface area contributed by atoms with Crippen molar-refractivity contribution >= 4 is 23.0 Å². The maximum absolute atomic E-state index is 6.17. The zero-order chi connectivity index (χ0) is 15.2. The molecular weight excluding hydrogens is 292 g/mol. The first-order valence-corrected chi connectivity index (χ1v) is 7.41. The minimum absolute atomic E-state index is 0.645. The van der Waals surface area contributed by atoms with Crippen LogP contribution in [0.5, 0.6) is 0 Å². The fraction of sp³-hybridized carbons (Fsp3) is 0. The molecule has 0 aliphatic rings. The number of para-hydroxylation sites is 1. The highest BCUT2D eigenvalue weighted by Gasteiger charge is 2.06. The number of rotatable bonds is 4. The standard InChI is InChI=1S/C19H15ClN2/c20-17-13-7-8-14-18(17)21-22-19(15-9-3-1-4-10-15)16-11-5-2-6-12-16/h1-14,21H. The van der Waals surface area contributed by atoms with E-state index in [9.17, 15) is 0 Å². The number of anilines is 1. The first kappa shape index (κ1) is 14.4. The molecule has 0 unspecified atom stereocenters. The van der Waals surface area contributed by atoms with Crippen LogP contribution in [0.4, 0.5) is 5.69 Å². The number of benzene rings is 3. The van der Waals surface area contributed by atoms with Crippen molar-refractivity contribution in [2.24, 2.45) is 5.10 Å². The van der Waals surface area contributed by atoms with Gasteiger partial charge in [0.15, 0.2) is 0 Å². The lowest BCUT2D eigenvalue weighted by atomic mass is 10.0. The molecule has 22 heavy (non-hydrogen) atoms. The quantitative estimate of drug-likeness (QED) is 0.519. The van der Waals surface area contributed by atoms with Crippen LogP contribution in [0.1, 0.15) is 11.1 Å². The van der Waals surface area contributed by atoms with Crippen LogP contribution in [0.2, 0.25) is 5.02 Å². The average Bonchev–Trinajstić information content (AvgIpc) is 2.59. The summed E-state index contributed by atoms with van der Waals surface area (Å²) in [5.41, 5.74) is 6.83. The van der Waals surface area contributed by atoms with Gasteiger partial charge in [-0.05, 0) is 12.1 Å². The van der Waals surface area contributed by atoms with Crippen LogP contribution in [-0.4, -0.2) is 5.71 Å². The van der Waals surface area contributed by atoms with Crippen molar-refractivity contribution in [1.29, 1.82) is 0 Å². The van der Waals surface area contributed by atoms with E-state index < -0.39 is 0 Å². The molecule has 0 amide bonds. The van der Waals surface area contributed by atoms with Crippen LogP contribution < -0.4 is 5.43 Å². The largest absolute Gasteiger partial charge is 0.276 e. The number of hydrazone groups is 1. The number of hydrogen-bond donors (Lipinski definition) is 1. The Balaban J connectivity index is 1.99. The summed E-state index contributed by atoms with van der Waals surface area (Å²) in [4.78, 5) is 0. The lowest BCUT2D eigenvalue weighted by Crippen LogP contribution is -2.06. The Morgan fingerprint density at radius 1 is 0.682 bits per heavy atom. The molecule has 1 N–H and O–H groups in total. The van der Waals surface area contributed by atoms with E-state index in [0.29, 0.717) is 5.02 Å². The van der Waals surface area contributed by atoms with Crippen molar-refractivity contribution < 1.29 is 0 Å². The third-order valence-electron chi connectivity index (χ3n) is 3.26. The lowest BCUT2D eigenvalue weighted by molar-refractivity contribution is 1.32. The molecule has 3 heteroatoms. The van der Waals surface area contributed by atoms with Gasteiger partial charge >= 0.3 is 0 Å². The summed E-state index contributed by atoms with van der Waals surface area (Å²) in [6, 6.07) is 27.7. The molecular formula is C19H15ClN2. The molecule has 108 valence electrons. The maximum atomic E-state index is 6.17. The van der Waals surface area contributed by atoms with Gasteiger partial charge in [0.2, 0.25) is 0 Å². The number of hydrogen-bond acceptors (Lipinski definition) is 2. The SMILES string of the molecule is Clc1ccccc1NN=C(c1ccccc1)c1ccccc1. The van der Waals surface area contributed by atoms with Crippen molar-refractivity contribution in [3.8, 4) is 0 Å². The summed E-state index contributed by atoms with van der Waals surface area (Å²) in [5, 5.41) is 5.22. The molecule has 0 bridgehead atoms. The highest BCUT2D eigenvalue weighted by Crippen LogP contribution is 2.21. The molecule has 0 saturated heterocycles. The van der Waals surface area contributed by atoms with E-state index in [1.165, 1.54) is 0 Å². The normalized spacial score (nSPS) is 10.0. The van der Waals surface area contributed by atoms with Gasteiger partial charge in [-0.2, -0.15) is 5.10 Å². The second kappa shape index (κ2) is 6.92. The fourth-order valence-corrected chi connectivity index (χ4v) is 2.33. The topological polar surface area (TPSA) is 24.4 Å². The molecule has 3 rings (SSSR count). The molecule has 0 aromatic heterocycles. The van der Waals surface area contributed by atoms with E-state index in [4.69, 9.17) is 11.6 Å². The van der Waals surface area contributed by atoms with Gasteiger partial charge in [-0.1, -0.05) is 84.4 Å². The molecule has 0 heterocycles. The summed E-state index contributed by atoms with van der Waals surface area (Å²) in [6.07, 6.45) is 0. The monoisotopic (exact) mass is 306 g/mol. The van der Waals surface area contributed by atoms with E-state index >= 15 is 0 Å². The highest BCUT2D eigenvalue weighted by atomic mass is 35.5. The van der Waals surface area contributed by atoms with Gasteiger partial charge in [-0.3, -0.25) is 5.43 Å². The van der Waals surface area contributed by atoms with E-state index in [2.05, 4.69) is 10.5 Å². The summed E-state index contributed by atoms with van der Waals surface area (Å²) >= 11 is 6.17. The molecule has 0 aliphatic heterocycles. The van der Waals surface area contributed by atoms with Gasteiger partial charge in [-0.15, -0.1) is 0 Å². The van der Waals surface area contributed by atoms with Crippen molar-refractivity contribution in [3.05, 3.63) is 101 Å². The molecule has 2 nitrogen and oxygen atoms in total. The van der Waals surface area contributed by atoms with Crippen molar-refractivity contribution in [2.45, 2.75) is 0 Å². The lowest BCUT2D eigenvalue weighted by Gasteiger charge is -2.09. The predicted molar refractivity (Wildman–Crippen MR) is 93.6 cm³/mol. The van der Waals surface area contributed by atoms with E-state index in [1.54, 1.807) is 0 Å². The Kier molecular flexibility index (Phi) is 4.52. The van der Waals surface area contributed by atoms with Crippen LogP contribution in [0, 0.1) is 0 Å². The molecule has 3 aromatic carbocycles. The molecule has 0 spiro atoms. The zero-order valence-electron chi connectivity index (χ0n) is 11.9. The summed E-state index contributed by atoms with van der Waals surface area (Å²) in [6.45, 7) is 0. The Morgan fingerprint density at radius 3 is 1.73 bits per heavy atom. The number of nitrogens with one attached hydrogen (secondary N) is 1. The Hall–Kier alpha value is -2.58. The van der Waals surface area contributed by atoms with Crippen LogP contribution in [-0.2, 0) is 0 Å². The van der Waals surface area contributed by atoms with Gasteiger partial charge in [0.05, 0.1) is 16.4 Å². The molecule has 0 fully saturated rings. The third-order valence-corrected chi connectivity index (χ3v) is 3.59. The second-order valence-corrected chi connectivity index (χ2v) is 5.19. The molecule has 0 aliphatic carbocycles. The Labute approximate surface area is 135 Å². The second-order valence-electron chi connectivity index (χ2n) is 4.78. The van der Waals surface area contributed by atoms with E-state index in [-0.39, 0.29) is 0 Å². The minimum atomic E-state index is 0.645. The molecule has 3 aromatic rings. The van der Waals surface area contributed by atoms with Crippen LogP contribution in [0.3, 0.4) is 0 Å². The van der Waals surface area contributed by atoms with E-state index in [0.717, 1.165) is 22.5 Å². The van der Waals surface area contributed by atoms with Crippen molar-refractivity contribution in [1.82, 2.24) is 0 Å². The molecule has 0 saturated carbocycles. The first-order valence-electron chi connectivity index (χ1n) is 7.03. The Morgan fingerprint density at radius 2 is 1.18 bits per heavy atom.